The Morgan fingerprint density at radius 1 is 1.00 bits per heavy atom. The van der Waals surface area contributed by atoms with E-state index in [1.807, 2.05) is 12.1 Å². The quantitative estimate of drug-likeness (QED) is 0.633. The molecule has 0 aliphatic heterocycles. The summed E-state index contributed by atoms with van der Waals surface area (Å²) in [5.41, 5.74) is 2.49. The Labute approximate surface area is 139 Å². The van der Waals surface area contributed by atoms with Crippen molar-refractivity contribution in [3.05, 3.63) is 70.7 Å². The first-order valence-electron chi connectivity index (χ1n) is 7.20. The van der Waals surface area contributed by atoms with E-state index in [0.29, 0.717) is 0 Å². The Balaban J connectivity index is 2.03. The van der Waals surface area contributed by atoms with Gasteiger partial charge in [-0.3, -0.25) is 0 Å². The van der Waals surface area contributed by atoms with Crippen molar-refractivity contribution in [3.63, 3.8) is 0 Å². The van der Waals surface area contributed by atoms with Gasteiger partial charge in [0.15, 0.2) is 0 Å². The minimum absolute atomic E-state index is 0.866. The van der Waals surface area contributed by atoms with Crippen LogP contribution in [-0.2, 0) is 6.54 Å². The molecule has 3 heteroatoms. The van der Waals surface area contributed by atoms with Gasteiger partial charge >= 0.3 is 0 Å². The molecule has 0 amide bonds. The smallest absolute Gasteiger partial charge is 0.119 e. The Bertz CT molecular complexity index is 786. The van der Waals surface area contributed by atoms with Gasteiger partial charge in [-0.15, -0.1) is 0 Å². The van der Waals surface area contributed by atoms with Crippen molar-refractivity contribution >= 4 is 32.4 Å². The van der Waals surface area contributed by atoms with E-state index in [1.165, 1.54) is 22.0 Å². The second-order valence-electron chi connectivity index (χ2n) is 5.32. The lowest BCUT2D eigenvalue weighted by Crippen LogP contribution is -2.17. The van der Waals surface area contributed by atoms with Crippen molar-refractivity contribution in [1.29, 1.82) is 0 Å². The van der Waals surface area contributed by atoms with Gasteiger partial charge in [0.25, 0.3) is 0 Å². The maximum Gasteiger partial charge on any atom is 0.119 e. The molecule has 0 atom stereocenters. The third-order valence-corrected chi connectivity index (χ3v) is 4.43. The predicted octanol–water partition coefficient (Wildman–Crippen LogP) is 5.25. The lowest BCUT2D eigenvalue weighted by Gasteiger charge is -2.23. The molecule has 0 aliphatic rings. The monoisotopic (exact) mass is 355 g/mol. The minimum atomic E-state index is 0.866. The number of fused-ring (bicyclic) bond motifs is 1. The Morgan fingerprint density at radius 3 is 2.50 bits per heavy atom. The molecule has 2 nitrogen and oxygen atoms in total. The van der Waals surface area contributed by atoms with Gasteiger partial charge in [0, 0.05) is 23.5 Å². The second kappa shape index (κ2) is 6.41. The SMILES string of the molecule is COc1ccc2c(N(C)Cc3ccccc3)c(Br)ccc2c1. The highest BCUT2D eigenvalue weighted by atomic mass is 79.9. The lowest BCUT2D eigenvalue weighted by molar-refractivity contribution is 0.415. The first kappa shape index (κ1) is 14.9. The number of halogens is 1. The Kier molecular flexibility index (Phi) is 4.34. The van der Waals surface area contributed by atoms with Crippen LogP contribution in [0.4, 0.5) is 5.69 Å². The molecule has 0 aliphatic carbocycles. The van der Waals surface area contributed by atoms with Crippen molar-refractivity contribution < 1.29 is 4.74 Å². The van der Waals surface area contributed by atoms with E-state index in [2.05, 4.69) is 76.4 Å². The molecule has 112 valence electrons. The highest BCUT2D eigenvalue weighted by molar-refractivity contribution is 9.10. The molecule has 3 aromatic carbocycles. The molecule has 0 fully saturated rings. The third kappa shape index (κ3) is 2.95. The average Bonchev–Trinajstić information content (AvgIpc) is 2.55. The second-order valence-corrected chi connectivity index (χ2v) is 6.18. The molecule has 0 saturated heterocycles. The lowest BCUT2D eigenvalue weighted by atomic mass is 10.1. The molecule has 0 saturated carbocycles. The fraction of sp³-hybridized carbons (Fsp3) is 0.158. The van der Waals surface area contributed by atoms with Gasteiger partial charge < -0.3 is 9.64 Å². The standard InChI is InChI=1S/C19H18BrNO/c1-21(13-14-6-4-3-5-7-14)19-17-10-9-16(22-2)12-15(17)8-11-18(19)20/h3-12H,13H2,1-2H3. The molecular formula is C19H18BrNO. The van der Waals surface area contributed by atoms with Gasteiger partial charge in [0.1, 0.15) is 5.75 Å². The number of nitrogens with zero attached hydrogens (tertiary/aromatic N) is 1. The molecule has 22 heavy (non-hydrogen) atoms. The predicted molar refractivity (Wildman–Crippen MR) is 96.7 cm³/mol. The van der Waals surface area contributed by atoms with Crippen LogP contribution in [0.1, 0.15) is 5.56 Å². The van der Waals surface area contributed by atoms with E-state index in [9.17, 15) is 0 Å². The average molecular weight is 356 g/mol. The topological polar surface area (TPSA) is 12.5 Å². The van der Waals surface area contributed by atoms with E-state index in [-0.39, 0.29) is 0 Å². The maximum absolute atomic E-state index is 5.32. The van der Waals surface area contributed by atoms with Gasteiger partial charge in [-0.1, -0.05) is 36.4 Å². The highest BCUT2D eigenvalue weighted by Crippen LogP contribution is 2.36. The summed E-state index contributed by atoms with van der Waals surface area (Å²) in [5.74, 6) is 0.881. The first-order valence-corrected chi connectivity index (χ1v) is 7.99. The molecule has 0 aromatic heterocycles. The number of ether oxygens (including phenoxy) is 1. The summed E-state index contributed by atoms with van der Waals surface area (Å²) in [6, 6.07) is 20.9. The van der Waals surface area contributed by atoms with Crippen LogP contribution in [0, 0.1) is 0 Å². The molecular weight excluding hydrogens is 338 g/mol. The van der Waals surface area contributed by atoms with Crippen LogP contribution in [0.5, 0.6) is 5.75 Å². The van der Waals surface area contributed by atoms with E-state index in [1.54, 1.807) is 7.11 Å². The van der Waals surface area contributed by atoms with Gasteiger partial charge in [-0.25, -0.2) is 0 Å². The van der Waals surface area contributed by atoms with Gasteiger partial charge in [0.05, 0.1) is 12.8 Å². The van der Waals surface area contributed by atoms with E-state index < -0.39 is 0 Å². The Morgan fingerprint density at radius 2 is 1.77 bits per heavy atom. The molecule has 0 heterocycles. The summed E-state index contributed by atoms with van der Waals surface area (Å²) in [7, 11) is 3.82. The normalized spacial score (nSPS) is 10.7. The number of hydrogen-bond acceptors (Lipinski definition) is 2. The Hall–Kier alpha value is -2.00. The van der Waals surface area contributed by atoms with E-state index in [4.69, 9.17) is 4.74 Å². The van der Waals surface area contributed by atoms with Crippen molar-refractivity contribution in [2.45, 2.75) is 6.54 Å². The van der Waals surface area contributed by atoms with Crippen molar-refractivity contribution in [1.82, 2.24) is 0 Å². The first-order chi connectivity index (χ1) is 10.7. The van der Waals surface area contributed by atoms with Crippen LogP contribution < -0.4 is 9.64 Å². The van der Waals surface area contributed by atoms with Gasteiger partial charge in [-0.05, 0) is 51.1 Å². The van der Waals surface area contributed by atoms with Crippen molar-refractivity contribution in [2.24, 2.45) is 0 Å². The zero-order valence-corrected chi connectivity index (χ0v) is 14.3. The van der Waals surface area contributed by atoms with Gasteiger partial charge in [0.2, 0.25) is 0 Å². The summed E-state index contributed by atoms with van der Waals surface area (Å²) < 4.78 is 6.42. The summed E-state index contributed by atoms with van der Waals surface area (Å²) in [4.78, 5) is 2.27. The number of anilines is 1. The van der Waals surface area contributed by atoms with Crippen molar-refractivity contribution in [2.75, 3.05) is 19.1 Å². The molecule has 0 spiro atoms. The van der Waals surface area contributed by atoms with Gasteiger partial charge in [-0.2, -0.15) is 0 Å². The molecule has 0 N–H and O–H groups in total. The largest absolute Gasteiger partial charge is 0.497 e. The summed E-state index contributed by atoms with van der Waals surface area (Å²) in [6.45, 7) is 0.866. The molecule has 3 aromatic rings. The fourth-order valence-electron chi connectivity index (χ4n) is 2.72. The van der Waals surface area contributed by atoms with Crippen LogP contribution in [0.15, 0.2) is 65.1 Å². The van der Waals surface area contributed by atoms with Crippen LogP contribution in [0.3, 0.4) is 0 Å². The summed E-state index contributed by atoms with van der Waals surface area (Å²) in [5, 5.41) is 2.39. The number of rotatable bonds is 4. The summed E-state index contributed by atoms with van der Waals surface area (Å²) >= 11 is 3.69. The molecule has 0 bridgehead atoms. The number of benzene rings is 3. The van der Waals surface area contributed by atoms with E-state index >= 15 is 0 Å². The molecule has 0 radical (unpaired) electrons. The minimum Gasteiger partial charge on any atom is -0.497 e. The number of methoxy groups -OCH3 is 1. The fourth-order valence-corrected chi connectivity index (χ4v) is 3.36. The van der Waals surface area contributed by atoms with E-state index in [0.717, 1.165) is 16.8 Å². The highest BCUT2D eigenvalue weighted by Gasteiger charge is 2.11. The zero-order valence-electron chi connectivity index (χ0n) is 12.7. The van der Waals surface area contributed by atoms with Crippen molar-refractivity contribution in [3.8, 4) is 5.75 Å². The molecule has 0 unspecified atom stereocenters. The third-order valence-electron chi connectivity index (χ3n) is 3.79. The molecule has 3 rings (SSSR count). The number of hydrogen-bond donors (Lipinski definition) is 0. The maximum atomic E-state index is 5.32. The zero-order chi connectivity index (χ0) is 15.5. The van der Waals surface area contributed by atoms with Crippen LogP contribution >= 0.6 is 15.9 Å². The van der Waals surface area contributed by atoms with Crippen LogP contribution in [-0.4, -0.2) is 14.2 Å². The summed E-state index contributed by atoms with van der Waals surface area (Å²) in [6.07, 6.45) is 0. The van der Waals surface area contributed by atoms with Crippen LogP contribution in [0.2, 0.25) is 0 Å². The van der Waals surface area contributed by atoms with Crippen LogP contribution in [0.25, 0.3) is 10.8 Å².